The zero-order valence-corrected chi connectivity index (χ0v) is 25.6. The summed E-state index contributed by atoms with van der Waals surface area (Å²) >= 11 is 0. The van der Waals surface area contributed by atoms with Gasteiger partial charge in [0.2, 0.25) is 0 Å². The molecule has 238 valence electrons. The number of H-pyrrole nitrogens is 1. The Balaban J connectivity index is 0.00000308. The Morgan fingerprint density at radius 1 is 1.00 bits per heavy atom. The minimum Gasteiger partial charge on any atom is -0.488 e. The molecule has 4 rings (SSSR count). The quantitative estimate of drug-likeness (QED) is 0.273. The smallest absolute Gasteiger partial charge is 0.416 e. The van der Waals surface area contributed by atoms with Crippen LogP contribution in [0.25, 0.3) is 11.4 Å². The number of hydrogen-bond donors (Lipinski definition) is 3. The number of alkyl halides is 3. The molecule has 17 heteroatoms. The number of anilines is 2. The van der Waals surface area contributed by atoms with Gasteiger partial charge in [0.15, 0.2) is 11.6 Å². The average Bonchev–Trinajstić information content (AvgIpc) is 2.92. The lowest BCUT2D eigenvalue weighted by Gasteiger charge is -2.34. The third-order valence-electron chi connectivity index (χ3n) is 6.39. The van der Waals surface area contributed by atoms with Crippen molar-refractivity contribution < 1.29 is 27.1 Å². The van der Waals surface area contributed by atoms with Crippen molar-refractivity contribution >= 4 is 54.6 Å². The van der Waals surface area contributed by atoms with Crippen LogP contribution >= 0.6 is 37.2 Å². The van der Waals surface area contributed by atoms with E-state index in [1.54, 1.807) is 6.92 Å². The van der Waals surface area contributed by atoms with Crippen LogP contribution in [0.2, 0.25) is 0 Å². The number of aromatic nitrogens is 3. The fourth-order valence-corrected chi connectivity index (χ4v) is 4.29. The predicted molar refractivity (Wildman–Crippen MR) is 162 cm³/mol. The number of benzene rings is 1. The minimum atomic E-state index is -4.74. The van der Waals surface area contributed by atoms with E-state index in [0.717, 1.165) is 25.7 Å². The van der Waals surface area contributed by atoms with E-state index in [2.05, 4.69) is 30.5 Å². The number of hydrogen-bond acceptors (Lipinski definition) is 7. The monoisotopic (exact) mass is 671 g/mol. The third kappa shape index (κ3) is 9.93. The molecule has 43 heavy (non-hydrogen) atoms. The fraction of sp³-hybridized carbons (Fsp3) is 0.385. The first-order chi connectivity index (χ1) is 19.1. The molecule has 0 spiro atoms. The van der Waals surface area contributed by atoms with E-state index in [1.807, 2.05) is 11.8 Å². The number of nitrogens with one attached hydrogen (secondary N) is 3. The van der Waals surface area contributed by atoms with Crippen molar-refractivity contribution in [2.45, 2.75) is 26.6 Å². The van der Waals surface area contributed by atoms with Crippen LogP contribution in [0, 0.1) is 5.82 Å². The highest BCUT2D eigenvalue weighted by Crippen LogP contribution is 2.36. The number of piperazine rings is 1. The second-order valence-corrected chi connectivity index (χ2v) is 9.09. The van der Waals surface area contributed by atoms with E-state index in [1.165, 1.54) is 24.7 Å². The lowest BCUT2D eigenvalue weighted by atomic mass is 10.0. The highest BCUT2D eigenvalue weighted by Gasteiger charge is 2.35. The largest absolute Gasteiger partial charge is 0.488 e. The number of carbonyl (C=O) groups excluding carboxylic acids is 1. The molecule has 0 unspecified atom stereocenters. The number of nitrogens with zero attached hydrogens (tertiary/aromatic N) is 4. The van der Waals surface area contributed by atoms with Gasteiger partial charge in [-0.25, -0.2) is 19.2 Å². The molecule has 0 saturated carbocycles. The van der Waals surface area contributed by atoms with Gasteiger partial charge in [0.25, 0.3) is 5.56 Å². The Hall–Kier alpha value is -3.17. The van der Waals surface area contributed by atoms with Crippen LogP contribution in [0.3, 0.4) is 0 Å². The van der Waals surface area contributed by atoms with Crippen LogP contribution in [0.15, 0.2) is 41.6 Å². The molecule has 2 aromatic heterocycles. The lowest BCUT2D eigenvalue weighted by molar-refractivity contribution is -0.138. The van der Waals surface area contributed by atoms with Crippen LogP contribution in [0.1, 0.15) is 25.0 Å². The van der Waals surface area contributed by atoms with Crippen molar-refractivity contribution in [1.82, 2.24) is 24.8 Å². The summed E-state index contributed by atoms with van der Waals surface area (Å²) in [5.41, 5.74) is -1.67. The first-order valence-corrected chi connectivity index (χ1v) is 12.7. The maximum Gasteiger partial charge on any atom is 0.416 e. The van der Waals surface area contributed by atoms with Gasteiger partial charge in [0.05, 0.1) is 35.9 Å². The molecule has 2 amide bonds. The molecule has 3 N–H and O–H groups in total. The SMILES string of the molecule is CCOc1cc(-c2ncc(NC(=O)Nc3cc(C(F)(F)F)c(CN4CCN(CC)CC4)cc3F)cn2)c[nH]c1=O.Cl.Cl.Cl. The van der Waals surface area contributed by atoms with Crippen LogP contribution in [-0.4, -0.2) is 70.1 Å². The van der Waals surface area contributed by atoms with Crippen molar-refractivity contribution in [1.29, 1.82) is 0 Å². The molecule has 1 aliphatic heterocycles. The summed E-state index contributed by atoms with van der Waals surface area (Å²) < 4.78 is 61.7. The third-order valence-corrected chi connectivity index (χ3v) is 6.39. The molecule has 0 bridgehead atoms. The number of pyridine rings is 1. The minimum absolute atomic E-state index is 0. The summed E-state index contributed by atoms with van der Waals surface area (Å²) in [5.74, 6) is -0.675. The van der Waals surface area contributed by atoms with Crippen LogP contribution in [0.4, 0.5) is 33.7 Å². The summed E-state index contributed by atoms with van der Waals surface area (Å²) in [6.45, 7) is 7.44. The number of aromatic amines is 1. The van der Waals surface area contributed by atoms with Gasteiger partial charge in [0.1, 0.15) is 5.82 Å². The second-order valence-electron chi connectivity index (χ2n) is 9.09. The second kappa shape index (κ2) is 16.6. The van der Waals surface area contributed by atoms with E-state index < -0.39 is 34.8 Å². The Morgan fingerprint density at radius 3 is 2.21 bits per heavy atom. The fourth-order valence-electron chi connectivity index (χ4n) is 4.29. The molecule has 1 fully saturated rings. The molecule has 3 aromatic rings. The molecule has 0 radical (unpaired) electrons. The Labute approximate surface area is 263 Å². The lowest BCUT2D eigenvalue weighted by Crippen LogP contribution is -2.45. The van der Waals surface area contributed by atoms with Gasteiger partial charge in [-0.05, 0) is 37.2 Å². The number of halogens is 7. The molecule has 1 aliphatic rings. The number of likely N-dealkylation sites (N-methyl/N-ethyl adjacent to an activating group) is 1. The number of amides is 2. The Morgan fingerprint density at radius 2 is 1.63 bits per heavy atom. The zero-order chi connectivity index (χ0) is 28.9. The molecule has 1 aromatic carbocycles. The van der Waals surface area contributed by atoms with E-state index >= 15 is 0 Å². The standard InChI is InChI=1S/C26H29F4N7O3.3ClH/c1-3-36-5-7-37(8-6-36)15-17-9-20(27)21(11-19(17)26(28,29)30)35-25(39)34-18-13-31-23(32-14-18)16-10-22(40-4-2)24(38)33-12-16;;;/h9-14H,3-8,15H2,1-2H3,(H,33,38)(H2,34,35,39);3*1H. The van der Waals surface area contributed by atoms with Gasteiger partial charge in [-0.15, -0.1) is 37.2 Å². The summed E-state index contributed by atoms with van der Waals surface area (Å²) in [6, 6.07) is 1.92. The van der Waals surface area contributed by atoms with Gasteiger partial charge in [-0.2, -0.15) is 13.2 Å². The van der Waals surface area contributed by atoms with E-state index in [4.69, 9.17) is 4.74 Å². The molecule has 0 aliphatic carbocycles. The molecule has 0 atom stereocenters. The van der Waals surface area contributed by atoms with Gasteiger partial charge in [0, 0.05) is 44.5 Å². The summed E-state index contributed by atoms with van der Waals surface area (Å²) in [6.07, 6.45) is -0.830. The Kier molecular flexibility index (Phi) is 14.6. The Bertz CT molecular complexity index is 1400. The number of rotatable bonds is 8. The van der Waals surface area contributed by atoms with Crippen LogP contribution in [-0.2, 0) is 12.7 Å². The van der Waals surface area contributed by atoms with Gasteiger partial charge < -0.3 is 25.3 Å². The average molecular weight is 673 g/mol. The molecule has 3 heterocycles. The van der Waals surface area contributed by atoms with Crippen LogP contribution in [0.5, 0.6) is 5.75 Å². The van der Waals surface area contributed by atoms with E-state index in [0.29, 0.717) is 24.7 Å². The summed E-state index contributed by atoms with van der Waals surface area (Å²) in [4.78, 5) is 39.0. The van der Waals surface area contributed by atoms with Crippen molar-refractivity contribution in [2.24, 2.45) is 0 Å². The van der Waals surface area contributed by atoms with Crippen molar-refractivity contribution in [3.05, 3.63) is 64.1 Å². The molecular weight excluding hydrogens is 641 g/mol. The maximum atomic E-state index is 14.8. The first-order valence-electron chi connectivity index (χ1n) is 12.7. The van der Waals surface area contributed by atoms with Gasteiger partial charge in [-0.1, -0.05) is 6.92 Å². The summed E-state index contributed by atoms with van der Waals surface area (Å²) in [5, 5.41) is 4.50. The topological polar surface area (TPSA) is 115 Å². The first kappa shape index (κ1) is 37.9. The van der Waals surface area contributed by atoms with Crippen molar-refractivity contribution in [3.63, 3.8) is 0 Å². The molecular formula is C26H32Cl3F4N7O3. The van der Waals surface area contributed by atoms with Crippen molar-refractivity contribution in [2.75, 3.05) is 50.0 Å². The van der Waals surface area contributed by atoms with Crippen LogP contribution < -0.4 is 20.9 Å². The number of carbonyl (C=O) groups is 1. The van der Waals surface area contributed by atoms with E-state index in [-0.39, 0.29) is 73.2 Å². The number of ether oxygens (including phenoxy) is 1. The predicted octanol–water partition coefficient (Wildman–Crippen LogP) is 5.44. The summed E-state index contributed by atoms with van der Waals surface area (Å²) in [7, 11) is 0. The van der Waals surface area contributed by atoms with Gasteiger partial charge in [-0.3, -0.25) is 9.69 Å². The molecule has 1 saturated heterocycles. The van der Waals surface area contributed by atoms with Gasteiger partial charge >= 0.3 is 12.2 Å². The highest BCUT2D eigenvalue weighted by atomic mass is 35.5. The normalized spacial score (nSPS) is 13.6. The maximum absolute atomic E-state index is 14.8. The van der Waals surface area contributed by atoms with E-state index in [9.17, 15) is 27.2 Å². The zero-order valence-electron chi connectivity index (χ0n) is 23.2. The van der Waals surface area contributed by atoms with Crippen molar-refractivity contribution in [3.8, 4) is 17.1 Å². The number of urea groups is 1. The molecule has 10 nitrogen and oxygen atoms in total. The highest BCUT2D eigenvalue weighted by molar-refractivity contribution is 5.99.